The number of rotatable bonds is 5. The van der Waals surface area contributed by atoms with E-state index in [1.165, 1.54) is 11.1 Å². The zero-order chi connectivity index (χ0) is 13.9. The topological polar surface area (TPSA) is 47.8 Å². The van der Waals surface area contributed by atoms with Crippen LogP contribution in [0, 0.1) is 0 Å². The van der Waals surface area contributed by atoms with E-state index in [0.29, 0.717) is 6.42 Å². The van der Waals surface area contributed by atoms with Gasteiger partial charge in [-0.25, -0.2) is 9.67 Å². The van der Waals surface area contributed by atoms with E-state index in [-0.39, 0.29) is 11.7 Å². The van der Waals surface area contributed by atoms with E-state index in [2.05, 4.69) is 29.1 Å². The number of benzene rings is 1. The number of carbonyl (C=O) groups excluding carboxylic acids is 1. The van der Waals surface area contributed by atoms with E-state index < -0.39 is 0 Å². The maximum Gasteiger partial charge on any atom is 0.147 e. The summed E-state index contributed by atoms with van der Waals surface area (Å²) in [7, 11) is 0. The van der Waals surface area contributed by atoms with Crippen molar-refractivity contribution in [2.75, 3.05) is 0 Å². The van der Waals surface area contributed by atoms with Gasteiger partial charge in [-0.15, -0.1) is 0 Å². The average Bonchev–Trinajstić information content (AvgIpc) is 3.06. The highest BCUT2D eigenvalue weighted by Crippen LogP contribution is 2.34. The lowest BCUT2D eigenvalue weighted by Crippen LogP contribution is -2.16. The molecule has 1 aromatic carbocycles. The Bertz CT molecular complexity index is 618. The fourth-order valence-corrected chi connectivity index (χ4v) is 2.99. The average molecular weight is 269 g/mol. The van der Waals surface area contributed by atoms with Crippen LogP contribution in [0.4, 0.5) is 0 Å². The summed E-state index contributed by atoms with van der Waals surface area (Å²) in [5.74, 6) is 1.10. The molecule has 1 atom stereocenters. The minimum absolute atomic E-state index is 0.0398. The van der Waals surface area contributed by atoms with Crippen LogP contribution in [0.2, 0.25) is 0 Å². The summed E-state index contributed by atoms with van der Waals surface area (Å²) in [6, 6.07) is 8.28. The Kier molecular flexibility index (Phi) is 3.63. The van der Waals surface area contributed by atoms with E-state index in [0.717, 1.165) is 31.6 Å². The molecule has 0 saturated carbocycles. The maximum absolute atomic E-state index is 12.6. The second kappa shape index (κ2) is 5.57. The van der Waals surface area contributed by atoms with Gasteiger partial charge in [0.25, 0.3) is 0 Å². The Balaban J connectivity index is 1.76. The van der Waals surface area contributed by atoms with E-state index in [1.807, 2.05) is 16.8 Å². The van der Waals surface area contributed by atoms with Crippen molar-refractivity contribution < 1.29 is 4.79 Å². The third-order valence-corrected chi connectivity index (χ3v) is 3.99. The molecule has 1 unspecified atom stereocenters. The van der Waals surface area contributed by atoms with Gasteiger partial charge in [-0.05, 0) is 30.4 Å². The molecular weight excluding hydrogens is 250 g/mol. The van der Waals surface area contributed by atoms with E-state index in [4.69, 9.17) is 0 Å². The van der Waals surface area contributed by atoms with Crippen LogP contribution in [-0.2, 0) is 24.2 Å². The molecule has 1 aromatic heterocycles. The zero-order valence-electron chi connectivity index (χ0n) is 11.7. The van der Waals surface area contributed by atoms with Gasteiger partial charge in [0.1, 0.15) is 17.9 Å². The van der Waals surface area contributed by atoms with Crippen molar-refractivity contribution in [3.05, 3.63) is 47.5 Å². The molecule has 20 heavy (non-hydrogen) atoms. The maximum atomic E-state index is 12.6. The predicted molar refractivity (Wildman–Crippen MR) is 76.5 cm³/mol. The van der Waals surface area contributed by atoms with Crippen molar-refractivity contribution in [1.82, 2.24) is 14.8 Å². The van der Waals surface area contributed by atoms with Crippen LogP contribution in [0.3, 0.4) is 0 Å². The fraction of sp³-hybridized carbons (Fsp3) is 0.438. The molecule has 1 aliphatic rings. The number of Topliss-reactive ketones (excluding diaryl/α,β-unsaturated/α-hetero) is 1. The minimum atomic E-state index is 0.0398. The van der Waals surface area contributed by atoms with Crippen LogP contribution >= 0.6 is 0 Å². The van der Waals surface area contributed by atoms with Crippen LogP contribution < -0.4 is 0 Å². The summed E-state index contributed by atoms with van der Waals surface area (Å²) in [6.45, 7) is 2.92. The Morgan fingerprint density at radius 2 is 2.25 bits per heavy atom. The van der Waals surface area contributed by atoms with Crippen molar-refractivity contribution in [1.29, 1.82) is 0 Å². The molecule has 0 aliphatic heterocycles. The molecule has 104 valence electrons. The Hall–Kier alpha value is -1.97. The number of fused-ring (bicyclic) bond motifs is 1. The molecule has 0 amide bonds. The molecule has 0 fully saturated rings. The van der Waals surface area contributed by atoms with E-state index in [9.17, 15) is 4.79 Å². The molecule has 0 spiro atoms. The first kappa shape index (κ1) is 13.0. The number of aryl methyl sites for hydroxylation is 2. The number of hydrogen-bond acceptors (Lipinski definition) is 3. The number of aromatic nitrogens is 3. The quantitative estimate of drug-likeness (QED) is 0.838. The first-order chi connectivity index (χ1) is 9.79. The lowest BCUT2D eigenvalue weighted by molar-refractivity contribution is -0.120. The number of ketones is 1. The van der Waals surface area contributed by atoms with Crippen molar-refractivity contribution >= 4 is 5.78 Å². The molecule has 0 N–H and O–H groups in total. The van der Waals surface area contributed by atoms with Gasteiger partial charge in [-0.3, -0.25) is 4.79 Å². The van der Waals surface area contributed by atoms with Gasteiger partial charge in [-0.1, -0.05) is 31.2 Å². The first-order valence-corrected chi connectivity index (χ1v) is 7.26. The summed E-state index contributed by atoms with van der Waals surface area (Å²) in [5.41, 5.74) is 2.53. The standard InChI is InChI=1S/C16H19N3O/c1-2-9-19-16(17-11-18-19)10-15(20)14-8-7-12-5-3-4-6-13(12)14/h3-6,11,14H,2,7-10H2,1H3. The first-order valence-electron chi connectivity index (χ1n) is 7.26. The molecule has 0 saturated heterocycles. The summed E-state index contributed by atoms with van der Waals surface area (Å²) < 4.78 is 1.85. The van der Waals surface area contributed by atoms with Crippen molar-refractivity contribution in [3.63, 3.8) is 0 Å². The molecule has 3 rings (SSSR count). The number of nitrogens with zero attached hydrogens (tertiary/aromatic N) is 3. The van der Waals surface area contributed by atoms with Crippen LogP contribution in [0.15, 0.2) is 30.6 Å². The monoisotopic (exact) mass is 269 g/mol. The van der Waals surface area contributed by atoms with Crippen molar-refractivity contribution in [3.8, 4) is 0 Å². The Labute approximate surface area is 118 Å². The number of carbonyl (C=O) groups is 1. The summed E-state index contributed by atoms with van der Waals surface area (Å²) in [5, 5.41) is 4.18. The molecule has 4 nitrogen and oxygen atoms in total. The highest BCUT2D eigenvalue weighted by Gasteiger charge is 2.28. The van der Waals surface area contributed by atoms with Crippen LogP contribution in [-0.4, -0.2) is 20.5 Å². The predicted octanol–water partition coefficient (Wildman–Crippen LogP) is 2.53. The minimum Gasteiger partial charge on any atom is -0.299 e. The molecular formula is C16H19N3O. The third kappa shape index (κ3) is 2.38. The smallest absolute Gasteiger partial charge is 0.147 e. The zero-order valence-corrected chi connectivity index (χ0v) is 11.7. The second-order valence-electron chi connectivity index (χ2n) is 5.33. The van der Waals surface area contributed by atoms with Crippen LogP contribution in [0.1, 0.15) is 42.6 Å². The lowest BCUT2D eigenvalue weighted by Gasteiger charge is -2.10. The Morgan fingerprint density at radius 1 is 1.40 bits per heavy atom. The van der Waals surface area contributed by atoms with Gasteiger partial charge >= 0.3 is 0 Å². The summed E-state index contributed by atoms with van der Waals surface area (Å²) in [6.07, 6.45) is 4.87. The SMILES string of the molecule is CCCn1ncnc1CC(=O)C1CCc2ccccc21. The molecule has 0 bridgehead atoms. The van der Waals surface area contributed by atoms with Gasteiger partial charge in [0, 0.05) is 12.5 Å². The van der Waals surface area contributed by atoms with Crippen LogP contribution in [0.25, 0.3) is 0 Å². The van der Waals surface area contributed by atoms with Gasteiger partial charge in [0.05, 0.1) is 6.42 Å². The van der Waals surface area contributed by atoms with Gasteiger partial charge < -0.3 is 0 Å². The van der Waals surface area contributed by atoms with Crippen molar-refractivity contribution in [2.24, 2.45) is 0 Å². The molecule has 1 heterocycles. The highest BCUT2D eigenvalue weighted by atomic mass is 16.1. The molecule has 1 aliphatic carbocycles. The van der Waals surface area contributed by atoms with Gasteiger partial charge in [0.15, 0.2) is 0 Å². The number of hydrogen-bond donors (Lipinski definition) is 0. The van der Waals surface area contributed by atoms with Crippen molar-refractivity contribution in [2.45, 2.75) is 45.1 Å². The van der Waals surface area contributed by atoms with Gasteiger partial charge in [0.2, 0.25) is 0 Å². The van der Waals surface area contributed by atoms with E-state index in [1.54, 1.807) is 6.33 Å². The molecule has 0 radical (unpaired) electrons. The van der Waals surface area contributed by atoms with Gasteiger partial charge in [-0.2, -0.15) is 5.10 Å². The highest BCUT2D eigenvalue weighted by molar-refractivity contribution is 5.88. The normalized spacial score (nSPS) is 17.1. The Morgan fingerprint density at radius 3 is 3.10 bits per heavy atom. The molecule has 4 heteroatoms. The fourth-order valence-electron chi connectivity index (χ4n) is 2.99. The lowest BCUT2D eigenvalue weighted by atomic mass is 9.95. The largest absolute Gasteiger partial charge is 0.299 e. The summed E-state index contributed by atoms with van der Waals surface area (Å²) >= 11 is 0. The molecule has 2 aromatic rings. The third-order valence-electron chi connectivity index (χ3n) is 3.99. The second-order valence-corrected chi connectivity index (χ2v) is 5.33. The summed E-state index contributed by atoms with van der Waals surface area (Å²) in [4.78, 5) is 16.8. The van der Waals surface area contributed by atoms with E-state index >= 15 is 0 Å². The van der Waals surface area contributed by atoms with Crippen LogP contribution in [0.5, 0.6) is 0 Å².